The molecule has 3 amide bonds. The molecule has 23 heavy (non-hydrogen) atoms. The summed E-state index contributed by atoms with van der Waals surface area (Å²) < 4.78 is 5.04. The van der Waals surface area contributed by atoms with Crippen molar-refractivity contribution < 1.29 is 19.1 Å². The number of nitrogens with one attached hydrogen (secondary N) is 3. The van der Waals surface area contributed by atoms with E-state index in [4.69, 9.17) is 4.74 Å². The minimum Gasteiger partial charge on any atom is -0.444 e. The minimum atomic E-state index is -0.677. The van der Waals surface area contributed by atoms with Gasteiger partial charge in [-0.2, -0.15) is 0 Å². The molecule has 0 saturated carbocycles. The van der Waals surface area contributed by atoms with Crippen molar-refractivity contribution >= 4 is 23.6 Å². The predicted octanol–water partition coefficient (Wildman–Crippen LogP) is 1.82. The van der Waals surface area contributed by atoms with Crippen molar-refractivity contribution in [2.24, 2.45) is 0 Å². The maximum atomic E-state index is 11.9. The first-order chi connectivity index (χ1) is 10.6. The highest BCUT2D eigenvalue weighted by Gasteiger charge is 2.18. The number of hydrogen-bond acceptors (Lipinski definition) is 4. The van der Waals surface area contributed by atoms with Gasteiger partial charge < -0.3 is 20.7 Å². The van der Waals surface area contributed by atoms with Crippen LogP contribution in [0.25, 0.3) is 0 Å². The molecule has 7 nitrogen and oxygen atoms in total. The molecule has 0 fully saturated rings. The molecule has 0 heterocycles. The van der Waals surface area contributed by atoms with E-state index in [0.29, 0.717) is 11.3 Å². The highest BCUT2D eigenvalue weighted by atomic mass is 16.6. The number of benzene rings is 1. The lowest BCUT2D eigenvalue weighted by Crippen LogP contribution is -2.37. The maximum Gasteiger partial charge on any atom is 0.408 e. The van der Waals surface area contributed by atoms with Crippen molar-refractivity contribution in [2.45, 2.75) is 33.3 Å². The number of anilines is 1. The Labute approximate surface area is 135 Å². The highest BCUT2D eigenvalue weighted by Crippen LogP contribution is 2.19. The SMILES string of the molecule is CNC(=O)c1c(C)cccc1NC(=O)CNC(=O)OC(C)(C)C. The maximum absolute atomic E-state index is 11.9. The number of carbonyl (C=O) groups excluding carboxylic acids is 3. The summed E-state index contributed by atoms with van der Waals surface area (Å²) in [6, 6.07) is 5.14. The Kier molecular flexibility index (Phi) is 6.12. The first-order valence-electron chi connectivity index (χ1n) is 7.22. The molecule has 0 aliphatic rings. The number of rotatable bonds is 4. The zero-order chi connectivity index (χ0) is 17.6. The second kappa shape index (κ2) is 7.62. The van der Waals surface area contributed by atoms with E-state index < -0.39 is 17.6 Å². The Bertz CT molecular complexity index is 606. The first kappa shape index (κ1) is 18.5. The summed E-state index contributed by atoms with van der Waals surface area (Å²) >= 11 is 0. The molecule has 0 spiro atoms. The highest BCUT2D eigenvalue weighted by molar-refractivity contribution is 6.05. The molecule has 0 radical (unpaired) electrons. The fourth-order valence-electron chi connectivity index (χ4n) is 1.86. The number of alkyl carbamates (subject to hydrolysis) is 1. The Hall–Kier alpha value is -2.57. The first-order valence-corrected chi connectivity index (χ1v) is 7.22. The van der Waals surface area contributed by atoms with Crippen LogP contribution in [0.15, 0.2) is 18.2 Å². The summed E-state index contributed by atoms with van der Waals surface area (Å²) in [6.45, 7) is 6.72. The second-order valence-corrected chi connectivity index (χ2v) is 5.98. The average Bonchev–Trinajstić information content (AvgIpc) is 2.43. The molecule has 0 atom stereocenters. The van der Waals surface area contributed by atoms with E-state index in [0.717, 1.165) is 5.56 Å². The van der Waals surface area contributed by atoms with Crippen molar-refractivity contribution in [3.63, 3.8) is 0 Å². The lowest BCUT2D eigenvalue weighted by Gasteiger charge is -2.19. The van der Waals surface area contributed by atoms with Crippen LogP contribution in [-0.2, 0) is 9.53 Å². The monoisotopic (exact) mass is 321 g/mol. The Morgan fingerprint density at radius 2 is 1.83 bits per heavy atom. The smallest absolute Gasteiger partial charge is 0.408 e. The summed E-state index contributed by atoms with van der Waals surface area (Å²) in [6.07, 6.45) is -0.677. The quantitative estimate of drug-likeness (QED) is 0.788. The van der Waals surface area contributed by atoms with Gasteiger partial charge in [-0.25, -0.2) is 4.79 Å². The van der Waals surface area contributed by atoms with Crippen molar-refractivity contribution in [3.05, 3.63) is 29.3 Å². The summed E-state index contributed by atoms with van der Waals surface area (Å²) in [5.74, 6) is -0.745. The third kappa shape index (κ3) is 5.98. The van der Waals surface area contributed by atoms with Crippen molar-refractivity contribution in [3.8, 4) is 0 Å². The number of hydrogen-bond donors (Lipinski definition) is 3. The van der Waals surface area contributed by atoms with Crippen LogP contribution >= 0.6 is 0 Å². The van der Waals surface area contributed by atoms with Crippen molar-refractivity contribution in [2.75, 3.05) is 18.9 Å². The van der Waals surface area contributed by atoms with Gasteiger partial charge in [-0.15, -0.1) is 0 Å². The molecular weight excluding hydrogens is 298 g/mol. The Balaban J connectivity index is 2.70. The zero-order valence-electron chi connectivity index (χ0n) is 14.1. The van der Waals surface area contributed by atoms with Crippen LogP contribution in [0.3, 0.4) is 0 Å². The van der Waals surface area contributed by atoms with E-state index in [1.54, 1.807) is 45.9 Å². The van der Waals surface area contributed by atoms with Crippen molar-refractivity contribution in [1.29, 1.82) is 0 Å². The summed E-state index contributed by atoms with van der Waals surface area (Å²) in [4.78, 5) is 35.4. The molecule has 126 valence electrons. The molecule has 0 unspecified atom stereocenters. The predicted molar refractivity (Wildman–Crippen MR) is 87.4 cm³/mol. The topological polar surface area (TPSA) is 96.5 Å². The molecule has 1 rings (SSSR count). The molecule has 0 aromatic heterocycles. The Morgan fingerprint density at radius 3 is 2.39 bits per heavy atom. The number of aryl methyl sites for hydroxylation is 1. The molecule has 0 aliphatic heterocycles. The van der Waals surface area contributed by atoms with Crippen LogP contribution in [-0.4, -0.2) is 37.1 Å². The normalized spacial score (nSPS) is 10.7. The van der Waals surface area contributed by atoms with Crippen LogP contribution in [0.2, 0.25) is 0 Å². The van der Waals surface area contributed by atoms with Crippen molar-refractivity contribution in [1.82, 2.24) is 10.6 Å². The van der Waals surface area contributed by atoms with Crippen LogP contribution in [0, 0.1) is 6.92 Å². The number of ether oxygens (including phenoxy) is 1. The molecule has 0 aliphatic carbocycles. The van der Waals surface area contributed by atoms with E-state index in [2.05, 4.69) is 16.0 Å². The lowest BCUT2D eigenvalue weighted by molar-refractivity contribution is -0.115. The van der Waals surface area contributed by atoms with Gasteiger partial charge in [-0.1, -0.05) is 12.1 Å². The standard InChI is InChI=1S/C16H23N3O4/c1-10-7-6-8-11(13(10)14(21)17-5)19-12(20)9-18-15(22)23-16(2,3)4/h6-8H,9H2,1-5H3,(H,17,21)(H,18,22)(H,19,20). The third-order valence-corrected chi connectivity index (χ3v) is 2.79. The average molecular weight is 321 g/mol. The van der Waals surface area contributed by atoms with E-state index in [9.17, 15) is 14.4 Å². The molecule has 0 saturated heterocycles. The van der Waals surface area contributed by atoms with Crippen LogP contribution in [0.1, 0.15) is 36.7 Å². The van der Waals surface area contributed by atoms with E-state index in [-0.39, 0.29) is 12.5 Å². The van der Waals surface area contributed by atoms with Gasteiger partial charge in [-0.3, -0.25) is 9.59 Å². The second-order valence-electron chi connectivity index (χ2n) is 5.98. The summed E-state index contributed by atoms with van der Waals surface area (Å²) in [5.41, 5.74) is 0.881. The zero-order valence-corrected chi connectivity index (χ0v) is 14.1. The minimum absolute atomic E-state index is 0.254. The van der Waals surface area contributed by atoms with Gasteiger partial charge in [-0.05, 0) is 39.3 Å². The molecule has 1 aromatic carbocycles. The fraction of sp³-hybridized carbons (Fsp3) is 0.438. The van der Waals surface area contributed by atoms with E-state index >= 15 is 0 Å². The number of amides is 3. The molecule has 3 N–H and O–H groups in total. The van der Waals surface area contributed by atoms with Gasteiger partial charge in [0.25, 0.3) is 5.91 Å². The van der Waals surface area contributed by atoms with Gasteiger partial charge in [0.05, 0.1) is 11.3 Å². The summed E-state index contributed by atoms with van der Waals surface area (Å²) in [7, 11) is 1.52. The molecule has 0 bridgehead atoms. The lowest BCUT2D eigenvalue weighted by atomic mass is 10.1. The van der Waals surface area contributed by atoms with E-state index in [1.165, 1.54) is 7.05 Å². The Morgan fingerprint density at radius 1 is 1.17 bits per heavy atom. The van der Waals surface area contributed by atoms with Crippen LogP contribution in [0.4, 0.5) is 10.5 Å². The largest absolute Gasteiger partial charge is 0.444 e. The fourth-order valence-corrected chi connectivity index (χ4v) is 1.86. The molecule has 1 aromatic rings. The van der Waals surface area contributed by atoms with Gasteiger partial charge >= 0.3 is 6.09 Å². The van der Waals surface area contributed by atoms with Gasteiger partial charge in [0.15, 0.2) is 0 Å². The van der Waals surface area contributed by atoms with Gasteiger partial charge in [0, 0.05) is 7.05 Å². The molecular formula is C16H23N3O4. The molecule has 7 heteroatoms. The number of carbonyl (C=O) groups is 3. The van der Waals surface area contributed by atoms with Gasteiger partial charge in [0.2, 0.25) is 5.91 Å². The third-order valence-electron chi connectivity index (χ3n) is 2.79. The van der Waals surface area contributed by atoms with Gasteiger partial charge in [0.1, 0.15) is 12.1 Å². The van der Waals surface area contributed by atoms with Crippen LogP contribution in [0.5, 0.6) is 0 Å². The van der Waals surface area contributed by atoms with E-state index in [1.807, 2.05) is 0 Å². The summed E-state index contributed by atoms with van der Waals surface area (Å²) in [5, 5.41) is 7.51. The van der Waals surface area contributed by atoms with Crippen LogP contribution < -0.4 is 16.0 Å².